The number of anilines is 1. The average Bonchev–Trinajstić information content (AvgIpc) is 3.55. The van der Waals surface area contributed by atoms with Crippen molar-refractivity contribution in [2.45, 2.75) is 0 Å². The monoisotopic (exact) mass is 565 g/mol. The van der Waals surface area contributed by atoms with Crippen LogP contribution in [0.3, 0.4) is 0 Å². The number of imide groups is 1. The minimum Gasteiger partial charge on any atom is -0.308 e. The summed E-state index contributed by atoms with van der Waals surface area (Å²) >= 11 is 0. The molecule has 0 unspecified atom stereocenters. The summed E-state index contributed by atoms with van der Waals surface area (Å²) in [6, 6.07) is 46.8. The molecule has 5 heteroatoms. The summed E-state index contributed by atoms with van der Waals surface area (Å²) in [5, 5.41) is 11.8. The van der Waals surface area contributed by atoms with E-state index in [1.54, 1.807) is 6.07 Å². The quantitative estimate of drug-likeness (QED) is 0.200. The molecule has 206 valence electrons. The van der Waals surface area contributed by atoms with Crippen molar-refractivity contribution in [2.75, 3.05) is 4.90 Å². The maximum Gasteiger partial charge on any atom is 0.268 e. The van der Waals surface area contributed by atoms with Crippen molar-refractivity contribution in [3.8, 4) is 34.0 Å². The maximum atomic E-state index is 14.4. The highest BCUT2D eigenvalue weighted by Gasteiger charge is 2.40. The van der Waals surface area contributed by atoms with Crippen LogP contribution in [0.2, 0.25) is 0 Å². The van der Waals surface area contributed by atoms with Gasteiger partial charge in [-0.25, -0.2) is 4.90 Å². The molecular weight excluding hydrogens is 542 g/mol. The van der Waals surface area contributed by atoms with Crippen molar-refractivity contribution in [3.05, 3.63) is 156 Å². The summed E-state index contributed by atoms with van der Waals surface area (Å²) in [7, 11) is 0. The minimum atomic E-state index is -0.360. The van der Waals surface area contributed by atoms with Gasteiger partial charge in [-0.2, -0.15) is 5.26 Å². The van der Waals surface area contributed by atoms with Gasteiger partial charge in [0, 0.05) is 16.3 Å². The number of rotatable bonds is 4. The minimum absolute atomic E-state index is 0.348. The first-order valence-corrected chi connectivity index (χ1v) is 14.3. The molecule has 44 heavy (non-hydrogen) atoms. The van der Waals surface area contributed by atoms with Crippen LogP contribution in [-0.2, 0) is 0 Å². The summed E-state index contributed by atoms with van der Waals surface area (Å²) in [4.78, 5) is 29.7. The molecule has 0 radical (unpaired) electrons. The molecule has 0 spiro atoms. The fraction of sp³-hybridized carbons (Fsp3) is 0. The third kappa shape index (κ3) is 3.72. The fourth-order valence-corrected chi connectivity index (χ4v) is 6.43. The van der Waals surface area contributed by atoms with Gasteiger partial charge in [-0.15, -0.1) is 0 Å². The standard InChI is InChI=1S/C39H23N3O2/c40-24-27-13-4-5-14-28(27)26-21-22-31-30-16-7-9-19-34(30)41(36(31)23-26)35-20-10-17-32-37(35)39(44)42(38(32)43)33-18-8-6-15-29(33)25-11-2-1-3-12-25/h1-23H. The number of hydrogen-bond acceptors (Lipinski definition) is 3. The molecule has 1 aromatic heterocycles. The lowest BCUT2D eigenvalue weighted by Crippen LogP contribution is -2.30. The van der Waals surface area contributed by atoms with E-state index in [1.807, 2.05) is 115 Å². The van der Waals surface area contributed by atoms with Crippen molar-refractivity contribution < 1.29 is 9.59 Å². The summed E-state index contributed by atoms with van der Waals surface area (Å²) in [5.74, 6) is -0.708. The first-order chi connectivity index (χ1) is 21.7. The van der Waals surface area contributed by atoms with Gasteiger partial charge in [-0.1, -0.05) is 103 Å². The van der Waals surface area contributed by atoms with Gasteiger partial charge in [0.15, 0.2) is 0 Å². The second kappa shape index (κ2) is 9.94. The molecule has 0 bridgehead atoms. The number of carbonyl (C=O) groups is 2. The Labute approximate surface area is 253 Å². The summed E-state index contributed by atoms with van der Waals surface area (Å²) in [6.45, 7) is 0. The van der Waals surface area contributed by atoms with E-state index >= 15 is 0 Å². The molecule has 8 rings (SSSR count). The van der Waals surface area contributed by atoms with Crippen molar-refractivity contribution in [1.29, 1.82) is 5.26 Å². The Kier molecular flexibility index (Phi) is 5.75. The molecule has 1 aliphatic heterocycles. The zero-order valence-corrected chi connectivity index (χ0v) is 23.4. The Hall–Kier alpha value is -6.25. The second-order valence-electron chi connectivity index (χ2n) is 10.8. The molecule has 6 aromatic carbocycles. The van der Waals surface area contributed by atoms with E-state index in [0.29, 0.717) is 28.1 Å². The topological polar surface area (TPSA) is 66.1 Å². The van der Waals surface area contributed by atoms with E-state index in [0.717, 1.165) is 44.1 Å². The van der Waals surface area contributed by atoms with Gasteiger partial charge in [0.05, 0.1) is 45.2 Å². The van der Waals surface area contributed by atoms with Gasteiger partial charge in [-0.05, 0) is 53.1 Å². The van der Waals surface area contributed by atoms with E-state index in [9.17, 15) is 14.9 Å². The van der Waals surface area contributed by atoms with E-state index in [4.69, 9.17) is 0 Å². The van der Waals surface area contributed by atoms with Crippen LogP contribution in [0.1, 0.15) is 26.3 Å². The van der Waals surface area contributed by atoms with E-state index in [2.05, 4.69) is 28.8 Å². The second-order valence-corrected chi connectivity index (χ2v) is 10.8. The predicted molar refractivity (Wildman–Crippen MR) is 174 cm³/mol. The number of para-hydroxylation sites is 2. The van der Waals surface area contributed by atoms with Crippen LogP contribution in [0, 0.1) is 11.3 Å². The lowest BCUT2D eigenvalue weighted by atomic mass is 9.99. The number of fused-ring (bicyclic) bond motifs is 4. The number of hydrogen-bond donors (Lipinski definition) is 0. The molecule has 2 amide bonds. The molecule has 0 atom stereocenters. The Balaban J connectivity index is 1.36. The van der Waals surface area contributed by atoms with E-state index < -0.39 is 0 Å². The molecule has 2 heterocycles. The highest BCUT2D eigenvalue weighted by molar-refractivity contribution is 6.36. The molecule has 0 aliphatic carbocycles. The van der Waals surface area contributed by atoms with Crippen LogP contribution in [0.4, 0.5) is 5.69 Å². The molecule has 0 saturated carbocycles. The zero-order valence-electron chi connectivity index (χ0n) is 23.4. The first-order valence-electron chi connectivity index (χ1n) is 14.3. The van der Waals surface area contributed by atoms with Gasteiger partial charge in [0.1, 0.15) is 0 Å². The average molecular weight is 566 g/mol. The van der Waals surface area contributed by atoms with Gasteiger partial charge >= 0.3 is 0 Å². The van der Waals surface area contributed by atoms with Gasteiger partial charge in [0.2, 0.25) is 0 Å². The van der Waals surface area contributed by atoms with Crippen LogP contribution < -0.4 is 4.90 Å². The Morgan fingerprint density at radius 1 is 0.500 bits per heavy atom. The van der Waals surface area contributed by atoms with Crippen LogP contribution in [0.5, 0.6) is 0 Å². The third-order valence-corrected chi connectivity index (χ3v) is 8.40. The van der Waals surface area contributed by atoms with E-state index in [-0.39, 0.29) is 11.8 Å². The number of benzene rings is 6. The lowest BCUT2D eigenvalue weighted by molar-refractivity contribution is 0.0926. The summed E-state index contributed by atoms with van der Waals surface area (Å²) < 4.78 is 2.07. The van der Waals surface area contributed by atoms with E-state index in [1.165, 1.54) is 4.90 Å². The molecule has 0 fully saturated rings. The molecule has 0 N–H and O–H groups in total. The molecule has 7 aromatic rings. The highest BCUT2D eigenvalue weighted by atomic mass is 16.2. The molecule has 5 nitrogen and oxygen atoms in total. The lowest BCUT2D eigenvalue weighted by Gasteiger charge is -2.18. The van der Waals surface area contributed by atoms with Crippen molar-refractivity contribution in [3.63, 3.8) is 0 Å². The third-order valence-electron chi connectivity index (χ3n) is 8.40. The van der Waals surface area contributed by atoms with Crippen LogP contribution in [0.25, 0.3) is 49.7 Å². The fourth-order valence-electron chi connectivity index (χ4n) is 6.43. The summed E-state index contributed by atoms with van der Waals surface area (Å²) in [6.07, 6.45) is 0. The van der Waals surface area contributed by atoms with Gasteiger partial charge in [-0.3, -0.25) is 9.59 Å². The predicted octanol–water partition coefficient (Wildman–Crippen LogP) is 8.79. The smallest absolute Gasteiger partial charge is 0.268 e. The SMILES string of the molecule is N#Cc1ccccc1-c1ccc2c3ccccc3n(-c3cccc4c3C(=O)N(c3ccccc3-c3ccccc3)C4=O)c2c1. The van der Waals surface area contributed by atoms with Crippen molar-refractivity contribution in [2.24, 2.45) is 0 Å². The number of nitrogens with zero attached hydrogens (tertiary/aromatic N) is 3. The first kappa shape index (κ1) is 25.5. The number of amides is 2. The Morgan fingerprint density at radius 3 is 2.00 bits per heavy atom. The van der Waals surface area contributed by atoms with Crippen LogP contribution >= 0.6 is 0 Å². The Morgan fingerprint density at radius 2 is 1.16 bits per heavy atom. The van der Waals surface area contributed by atoms with Gasteiger partial charge in [0.25, 0.3) is 11.8 Å². The largest absolute Gasteiger partial charge is 0.308 e. The molecule has 0 saturated heterocycles. The molecule has 1 aliphatic rings. The van der Waals surface area contributed by atoms with Crippen molar-refractivity contribution in [1.82, 2.24) is 4.57 Å². The zero-order chi connectivity index (χ0) is 29.8. The molecular formula is C39H23N3O2. The Bertz CT molecular complexity index is 2340. The van der Waals surface area contributed by atoms with Crippen LogP contribution in [-0.4, -0.2) is 16.4 Å². The normalized spacial score (nSPS) is 12.6. The highest BCUT2D eigenvalue weighted by Crippen LogP contribution is 2.41. The van der Waals surface area contributed by atoms with Crippen molar-refractivity contribution >= 4 is 39.3 Å². The maximum absolute atomic E-state index is 14.4. The summed E-state index contributed by atoms with van der Waals surface area (Å²) in [5.41, 5.74) is 7.77. The number of nitriles is 1. The van der Waals surface area contributed by atoms with Crippen LogP contribution in [0.15, 0.2) is 140 Å². The number of carbonyl (C=O) groups excluding carboxylic acids is 2. The number of aromatic nitrogens is 1. The van der Waals surface area contributed by atoms with Gasteiger partial charge < -0.3 is 4.57 Å².